The first kappa shape index (κ1) is 21.1. The van der Waals surface area contributed by atoms with Gasteiger partial charge in [-0.15, -0.1) is 0 Å². The Morgan fingerprint density at radius 3 is 2.71 bits per heavy atom. The van der Waals surface area contributed by atoms with E-state index in [9.17, 15) is 9.59 Å². The van der Waals surface area contributed by atoms with Crippen molar-refractivity contribution in [2.45, 2.75) is 40.2 Å². The monoisotopic (exact) mass is 437 g/mol. The van der Waals surface area contributed by atoms with E-state index in [0.717, 1.165) is 34.1 Å². The highest BCUT2D eigenvalue weighted by molar-refractivity contribution is 6.31. The highest BCUT2D eigenvalue weighted by atomic mass is 35.5. The highest BCUT2D eigenvalue weighted by Gasteiger charge is 2.18. The molecule has 4 aromatic rings. The maximum atomic E-state index is 13.1. The van der Waals surface area contributed by atoms with E-state index in [1.54, 1.807) is 29.4 Å². The van der Waals surface area contributed by atoms with Crippen molar-refractivity contribution in [3.8, 4) is 0 Å². The summed E-state index contributed by atoms with van der Waals surface area (Å²) in [6.07, 6.45) is 2.67. The fourth-order valence-electron chi connectivity index (χ4n) is 3.73. The van der Waals surface area contributed by atoms with Crippen molar-refractivity contribution in [3.63, 3.8) is 0 Å². The number of aromatic amines is 1. The number of hydrogen-bond donors (Lipinski definition) is 1. The summed E-state index contributed by atoms with van der Waals surface area (Å²) in [5, 5.41) is 1.94. The molecule has 0 atom stereocenters. The summed E-state index contributed by atoms with van der Waals surface area (Å²) in [4.78, 5) is 34.6. The Kier molecular flexibility index (Phi) is 5.83. The fourth-order valence-corrected chi connectivity index (χ4v) is 3.89. The van der Waals surface area contributed by atoms with Crippen LogP contribution in [0.5, 0.6) is 0 Å². The lowest BCUT2D eigenvalue weighted by Crippen LogP contribution is -2.33. The van der Waals surface area contributed by atoms with E-state index in [1.165, 1.54) is 0 Å². The zero-order valence-corrected chi connectivity index (χ0v) is 18.5. The van der Waals surface area contributed by atoms with Crippen molar-refractivity contribution in [3.05, 3.63) is 74.5 Å². The normalized spacial score (nSPS) is 11.4. The molecule has 4 rings (SSSR count). The number of aromatic nitrogens is 2. The first-order valence-corrected chi connectivity index (χ1v) is 10.7. The number of rotatable bonds is 6. The lowest BCUT2D eigenvalue weighted by Gasteiger charge is -2.21. The van der Waals surface area contributed by atoms with Gasteiger partial charge in [0, 0.05) is 22.5 Å². The Labute approximate surface area is 184 Å². The van der Waals surface area contributed by atoms with Crippen molar-refractivity contribution in [2.24, 2.45) is 0 Å². The summed E-state index contributed by atoms with van der Waals surface area (Å²) in [5.74, 6) is 0.390. The zero-order chi connectivity index (χ0) is 22.1. The fraction of sp³-hybridized carbons (Fsp3) is 0.292. The van der Waals surface area contributed by atoms with Gasteiger partial charge in [-0.3, -0.25) is 9.59 Å². The number of amides is 1. The lowest BCUT2D eigenvalue weighted by atomic mass is 10.0. The maximum absolute atomic E-state index is 13.1. The summed E-state index contributed by atoms with van der Waals surface area (Å²) in [5.41, 5.74) is 4.22. The molecule has 160 valence electrons. The number of nitrogens with one attached hydrogen (secondary N) is 1. The van der Waals surface area contributed by atoms with Gasteiger partial charge in [0.25, 0.3) is 5.56 Å². The second kappa shape index (κ2) is 8.55. The SMILES string of the molecule is CCCN(Cc1nc2cc(Cl)ccc2c(=O)[nH]1)C(=O)Cc1coc2cc(C)c(C)cc12. The van der Waals surface area contributed by atoms with E-state index in [-0.39, 0.29) is 24.4 Å². The number of aryl methyl sites for hydroxylation is 2. The molecule has 1 N–H and O–H groups in total. The first-order chi connectivity index (χ1) is 14.9. The minimum atomic E-state index is -0.243. The predicted octanol–water partition coefficient (Wildman–Crippen LogP) is 4.92. The van der Waals surface area contributed by atoms with Gasteiger partial charge in [-0.2, -0.15) is 0 Å². The molecule has 0 saturated heterocycles. The molecule has 0 saturated carbocycles. The molecule has 6 nitrogen and oxygen atoms in total. The number of nitrogens with zero attached hydrogens (tertiary/aromatic N) is 2. The predicted molar refractivity (Wildman–Crippen MR) is 122 cm³/mol. The first-order valence-electron chi connectivity index (χ1n) is 10.3. The van der Waals surface area contributed by atoms with E-state index < -0.39 is 0 Å². The molecular formula is C24H24ClN3O3. The Hall–Kier alpha value is -3.12. The molecule has 0 unspecified atom stereocenters. The summed E-state index contributed by atoms with van der Waals surface area (Å²) in [7, 11) is 0. The molecule has 7 heteroatoms. The van der Waals surface area contributed by atoms with Crippen LogP contribution in [0.3, 0.4) is 0 Å². The van der Waals surface area contributed by atoms with E-state index in [0.29, 0.717) is 28.3 Å². The minimum absolute atomic E-state index is 0.0448. The third-order valence-electron chi connectivity index (χ3n) is 5.52. The standard InChI is InChI=1S/C24H24ClN3O3/c1-4-7-28(12-22-26-20-11-17(25)5-6-18(20)24(30)27-22)23(29)10-16-13-31-21-9-15(3)14(2)8-19(16)21/h5-6,8-9,11,13H,4,7,10,12H2,1-3H3,(H,26,27,30). The van der Waals surface area contributed by atoms with Crippen LogP contribution in [0.2, 0.25) is 5.02 Å². The van der Waals surface area contributed by atoms with Crippen LogP contribution in [0.1, 0.15) is 35.9 Å². The summed E-state index contributed by atoms with van der Waals surface area (Å²) < 4.78 is 5.68. The van der Waals surface area contributed by atoms with E-state index >= 15 is 0 Å². The van der Waals surface area contributed by atoms with Gasteiger partial charge in [0.15, 0.2) is 0 Å². The molecule has 0 aliphatic carbocycles. The number of carbonyl (C=O) groups excluding carboxylic acids is 1. The molecule has 2 aromatic carbocycles. The highest BCUT2D eigenvalue weighted by Crippen LogP contribution is 2.25. The van der Waals surface area contributed by atoms with Crippen LogP contribution in [0.4, 0.5) is 0 Å². The third kappa shape index (κ3) is 4.35. The van der Waals surface area contributed by atoms with Crippen molar-refractivity contribution >= 4 is 39.4 Å². The quantitative estimate of drug-likeness (QED) is 0.464. The molecule has 0 aliphatic heterocycles. The average molecular weight is 438 g/mol. The molecular weight excluding hydrogens is 414 g/mol. The molecule has 0 spiro atoms. The molecule has 0 aliphatic rings. The van der Waals surface area contributed by atoms with Gasteiger partial charge in [-0.1, -0.05) is 18.5 Å². The second-order valence-corrected chi connectivity index (χ2v) is 8.30. The largest absolute Gasteiger partial charge is 0.464 e. The summed E-state index contributed by atoms with van der Waals surface area (Å²) in [6, 6.07) is 9.02. The maximum Gasteiger partial charge on any atom is 0.258 e. The number of fused-ring (bicyclic) bond motifs is 2. The van der Waals surface area contributed by atoms with Crippen molar-refractivity contribution < 1.29 is 9.21 Å². The van der Waals surface area contributed by atoms with Crippen LogP contribution in [-0.2, 0) is 17.8 Å². The van der Waals surface area contributed by atoms with E-state index in [1.807, 2.05) is 26.8 Å². The van der Waals surface area contributed by atoms with Gasteiger partial charge < -0.3 is 14.3 Å². The Balaban J connectivity index is 1.60. The van der Waals surface area contributed by atoms with Crippen LogP contribution in [-0.4, -0.2) is 27.3 Å². The molecule has 0 bridgehead atoms. The van der Waals surface area contributed by atoms with Gasteiger partial charge in [-0.25, -0.2) is 4.98 Å². The van der Waals surface area contributed by atoms with Gasteiger partial charge in [0.2, 0.25) is 5.91 Å². The summed E-state index contributed by atoms with van der Waals surface area (Å²) in [6.45, 7) is 6.87. The number of halogens is 1. The number of benzene rings is 2. The Morgan fingerprint density at radius 2 is 1.94 bits per heavy atom. The minimum Gasteiger partial charge on any atom is -0.464 e. The molecule has 2 heterocycles. The topological polar surface area (TPSA) is 79.2 Å². The number of H-pyrrole nitrogens is 1. The molecule has 2 aromatic heterocycles. The summed E-state index contributed by atoms with van der Waals surface area (Å²) >= 11 is 6.05. The third-order valence-corrected chi connectivity index (χ3v) is 5.75. The van der Waals surface area contributed by atoms with Crippen LogP contribution >= 0.6 is 11.6 Å². The smallest absolute Gasteiger partial charge is 0.258 e. The lowest BCUT2D eigenvalue weighted by molar-refractivity contribution is -0.131. The van der Waals surface area contributed by atoms with Crippen LogP contribution in [0.25, 0.3) is 21.9 Å². The van der Waals surface area contributed by atoms with Crippen LogP contribution in [0, 0.1) is 13.8 Å². The van der Waals surface area contributed by atoms with Crippen LogP contribution < -0.4 is 5.56 Å². The Bertz CT molecular complexity index is 1340. The van der Waals surface area contributed by atoms with Crippen molar-refractivity contribution in [2.75, 3.05) is 6.54 Å². The van der Waals surface area contributed by atoms with Crippen LogP contribution in [0.15, 0.2) is 45.8 Å². The Morgan fingerprint density at radius 1 is 1.16 bits per heavy atom. The zero-order valence-electron chi connectivity index (χ0n) is 17.8. The van der Waals surface area contributed by atoms with Crippen molar-refractivity contribution in [1.29, 1.82) is 0 Å². The van der Waals surface area contributed by atoms with Gasteiger partial charge in [0.05, 0.1) is 30.1 Å². The van der Waals surface area contributed by atoms with Gasteiger partial charge in [-0.05, 0) is 61.7 Å². The van der Waals surface area contributed by atoms with E-state index in [4.69, 9.17) is 16.0 Å². The molecule has 0 radical (unpaired) electrons. The van der Waals surface area contributed by atoms with Crippen molar-refractivity contribution in [1.82, 2.24) is 14.9 Å². The second-order valence-electron chi connectivity index (χ2n) is 7.86. The van der Waals surface area contributed by atoms with Gasteiger partial charge in [0.1, 0.15) is 11.4 Å². The number of furan rings is 1. The average Bonchev–Trinajstić information content (AvgIpc) is 3.09. The number of hydrogen-bond acceptors (Lipinski definition) is 4. The number of carbonyl (C=O) groups is 1. The molecule has 0 fully saturated rings. The molecule has 1 amide bonds. The van der Waals surface area contributed by atoms with E-state index in [2.05, 4.69) is 16.0 Å². The molecule has 31 heavy (non-hydrogen) atoms. The van der Waals surface area contributed by atoms with Gasteiger partial charge >= 0.3 is 0 Å².